The Morgan fingerprint density at radius 3 is 3.03 bits per heavy atom. The van der Waals surface area contributed by atoms with Gasteiger partial charge in [0, 0.05) is 22.9 Å². The van der Waals surface area contributed by atoms with Gasteiger partial charge in [0.25, 0.3) is 0 Å². The van der Waals surface area contributed by atoms with Crippen LogP contribution in [-0.4, -0.2) is 29.1 Å². The summed E-state index contributed by atoms with van der Waals surface area (Å²) in [7, 11) is 0. The van der Waals surface area contributed by atoms with E-state index in [4.69, 9.17) is 14.6 Å². The predicted octanol–water partition coefficient (Wildman–Crippen LogP) is 3.01. The largest absolute Gasteiger partial charge is 0.471 e. The summed E-state index contributed by atoms with van der Waals surface area (Å²) in [5, 5.41) is 15.1. The number of hydrogen-bond donors (Lipinski definition) is 4. The van der Waals surface area contributed by atoms with Crippen molar-refractivity contribution >= 4 is 34.2 Å². The van der Waals surface area contributed by atoms with Crippen LogP contribution < -0.4 is 25.8 Å². The van der Waals surface area contributed by atoms with Crippen LogP contribution in [0.2, 0.25) is 0 Å². The van der Waals surface area contributed by atoms with Crippen LogP contribution >= 0.6 is 0 Å². The number of aromatic nitrogens is 2. The molecule has 3 aliphatic rings. The number of hydroxylamine groups is 1. The summed E-state index contributed by atoms with van der Waals surface area (Å²) in [4.78, 5) is 12.7. The van der Waals surface area contributed by atoms with Crippen LogP contribution in [-0.2, 0) is 4.84 Å². The molecule has 0 amide bonds. The number of ether oxygens (including phenoxy) is 1. The number of nitrogens with one attached hydrogen (secondary N) is 4. The molecule has 3 aromatic rings. The van der Waals surface area contributed by atoms with E-state index in [0.29, 0.717) is 6.73 Å². The van der Waals surface area contributed by atoms with Crippen LogP contribution in [0.25, 0.3) is 10.9 Å². The monoisotopic (exact) mass is 389 g/mol. The Hall–Kier alpha value is -3.72. The van der Waals surface area contributed by atoms with Crippen LogP contribution in [0.15, 0.2) is 52.8 Å². The average Bonchev–Trinajstić information content (AvgIpc) is 3.41. The third-order valence-corrected chi connectivity index (χ3v) is 5.40. The summed E-state index contributed by atoms with van der Waals surface area (Å²) in [5.74, 6) is 0.527. The molecule has 9 nitrogen and oxygen atoms in total. The number of nitrogens with zero attached hydrogens (tertiary/aromatic N) is 3. The normalized spacial score (nSPS) is 21.8. The third kappa shape index (κ3) is 2.31. The van der Waals surface area contributed by atoms with E-state index < -0.39 is 5.97 Å². The van der Waals surface area contributed by atoms with Gasteiger partial charge >= 0.3 is 5.97 Å². The Morgan fingerprint density at radius 1 is 1.17 bits per heavy atom. The van der Waals surface area contributed by atoms with Crippen molar-refractivity contribution in [1.29, 1.82) is 0 Å². The number of aryl methyl sites for hydroxylation is 1. The lowest BCUT2D eigenvalue weighted by atomic mass is 10.2. The van der Waals surface area contributed by atoms with Crippen LogP contribution in [0.5, 0.6) is 5.75 Å². The summed E-state index contributed by atoms with van der Waals surface area (Å²) in [6.45, 7) is 4.44. The Bertz CT molecular complexity index is 1210. The molecule has 2 bridgehead atoms. The summed E-state index contributed by atoms with van der Waals surface area (Å²) in [6, 6.07) is 12.0. The molecule has 1 unspecified atom stereocenters. The number of H-pyrrole nitrogens is 1. The van der Waals surface area contributed by atoms with Gasteiger partial charge in [-0.3, -0.25) is 10.00 Å². The fourth-order valence-electron chi connectivity index (χ4n) is 3.90. The summed E-state index contributed by atoms with van der Waals surface area (Å²) in [5.41, 5.74) is 8.65. The molecule has 0 spiro atoms. The highest BCUT2D eigenvalue weighted by Crippen LogP contribution is 2.42. The maximum Gasteiger partial charge on any atom is 0.351 e. The Balaban J connectivity index is 1.43. The van der Waals surface area contributed by atoms with Crippen molar-refractivity contribution in [2.75, 3.05) is 22.3 Å². The van der Waals surface area contributed by atoms with Crippen molar-refractivity contribution in [3.05, 3.63) is 53.5 Å². The van der Waals surface area contributed by atoms with E-state index in [1.807, 2.05) is 61.4 Å². The second-order valence-corrected chi connectivity index (χ2v) is 7.28. The lowest BCUT2D eigenvalue weighted by molar-refractivity contribution is -0.0214. The Morgan fingerprint density at radius 2 is 2.10 bits per heavy atom. The van der Waals surface area contributed by atoms with Gasteiger partial charge in [0.05, 0.1) is 22.6 Å². The summed E-state index contributed by atoms with van der Waals surface area (Å²) >= 11 is 0. The van der Waals surface area contributed by atoms with Gasteiger partial charge in [-0.1, -0.05) is 0 Å². The minimum absolute atomic E-state index is 0.473. The number of aromatic amines is 1. The molecule has 1 fully saturated rings. The number of benzene rings is 2. The van der Waals surface area contributed by atoms with Crippen LogP contribution in [0.3, 0.4) is 0 Å². The zero-order valence-electron chi connectivity index (χ0n) is 15.9. The molecule has 0 aliphatic carbocycles. The van der Waals surface area contributed by atoms with Gasteiger partial charge in [-0.25, -0.2) is 15.3 Å². The molecule has 29 heavy (non-hydrogen) atoms. The molecule has 9 heteroatoms. The highest BCUT2D eigenvalue weighted by molar-refractivity contribution is 5.87. The van der Waals surface area contributed by atoms with E-state index in [2.05, 4.69) is 26.3 Å². The summed E-state index contributed by atoms with van der Waals surface area (Å²) in [6.07, 6.45) is 1.81. The van der Waals surface area contributed by atoms with Crippen LogP contribution in [0.4, 0.5) is 17.1 Å². The molecule has 2 aromatic carbocycles. The summed E-state index contributed by atoms with van der Waals surface area (Å²) < 4.78 is 5.55. The number of rotatable bonds is 3. The minimum Gasteiger partial charge on any atom is -0.471 e. The van der Waals surface area contributed by atoms with E-state index in [0.717, 1.165) is 50.8 Å². The SMILES string of the molecule is CC1=C2NOC(Nc3ccc4c(C)n[nH]c4c3)(N=C1)N2c1ccc2c(c1)NCO2. The molecule has 3 aliphatic heterocycles. The third-order valence-electron chi connectivity index (χ3n) is 5.40. The highest BCUT2D eigenvalue weighted by atomic mass is 16.7. The van der Waals surface area contributed by atoms with Crippen molar-refractivity contribution in [1.82, 2.24) is 15.7 Å². The van der Waals surface area contributed by atoms with E-state index in [-0.39, 0.29) is 0 Å². The number of fused-ring (bicyclic) bond motifs is 4. The van der Waals surface area contributed by atoms with Crippen molar-refractivity contribution in [3.8, 4) is 5.75 Å². The topological polar surface area (TPSA) is 98.8 Å². The molecule has 0 radical (unpaired) electrons. The maximum absolute atomic E-state index is 5.97. The van der Waals surface area contributed by atoms with Gasteiger partial charge in [-0.15, -0.1) is 0 Å². The molecule has 1 saturated heterocycles. The Labute approximate surface area is 166 Å². The van der Waals surface area contributed by atoms with Gasteiger partial charge < -0.3 is 15.4 Å². The highest BCUT2D eigenvalue weighted by Gasteiger charge is 2.49. The first-order valence-corrected chi connectivity index (χ1v) is 9.37. The molecule has 4 heterocycles. The van der Waals surface area contributed by atoms with Gasteiger partial charge in [0.15, 0.2) is 6.73 Å². The molecule has 1 aromatic heterocycles. The molecule has 4 N–H and O–H groups in total. The lowest BCUT2D eigenvalue weighted by Crippen LogP contribution is -2.51. The zero-order chi connectivity index (χ0) is 19.6. The van der Waals surface area contributed by atoms with Crippen molar-refractivity contribution in [2.45, 2.75) is 19.8 Å². The average molecular weight is 389 g/mol. The van der Waals surface area contributed by atoms with Gasteiger partial charge in [0.1, 0.15) is 11.6 Å². The molecular weight excluding hydrogens is 370 g/mol. The standard InChI is InChI=1S/C20H19N7O2/c1-11-9-22-20(23-13-3-5-15-12(2)24-25-16(15)7-13)27(19(11)26-29-20)14-4-6-18-17(8-14)21-10-28-18/h3-9,21,23,26H,10H2,1-2H3,(H,24,25). The Kier molecular flexibility index (Phi) is 3.16. The first-order chi connectivity index (χ1) is 14.1. The van der Waals surface area contributed by atoms with Crippen molar-refractivity contribution in [3.63, 3.8) is 0 Å². The van der Waals surface area contributed by atoms with Crippen LogP contribution in [0.1, 0.15) is 12.6 Å². The number of hydrogen-bond acceptors (Lipinski definition) is 8. The molecule has 1 atom stereocenters. The van der Waals surface area contributed by atoms with Gasteiger partial charge in [0.2, 0.25) is 0 Å². The molecule has 0 saturated carbocycles. The fourth-order valence-corrected chi connectivity index (χ4v) is 3.90. The van der Waals surface area contributed by atoms with E-state index >= 15 is 0 Å². The molecular formula is C20H19N7O2. The number of allylic oxidation sites excluding steroid dienone is 1. The number of anilines is 3. The molecule has 146 valence electrons. The fraction of sp³-hybridized carbons (Fsp3) is 0.200. The van der Waals surface area contributed by atoms with Gasteiger partial charge in [-0.2, -0.15) is 5.10 Å². The second-order valence-electron chi connectivity index (χ2n) is 7.28. The van der Waals surface area contributed by atoms with Gasteiger partial charge in [-0.05, 0) is 50.2 Å². The number of aliphatic imine (C=N–C) groups is 1. The molecule has 6 rings (SSSR count). The van der Waals surface area contributed by atoms with E-state index in [1.54, 1.807) is 0 Å². The van der Waals surface area contributed by atoms with Crippen molar-refractivity contribution in [2.24, 2.45) is 4.99 Å². The quantitative estimate of drug-likeness (QED) is 0.547. The second kappa shape index (κ2) is 5.65. The first-order valence-electron chi connectivity index (χ1n) is 9.37. The van der Waals surface area contributed by atoms with E-state index in [9.17, 15) is 0 Å². The maximum atomic E-state index is 5.97. The zero-order valence-corrected chi connectivity index (χ0v) is 15.9. The lowest BCUT2D eigenvalue weighted by Gasteiger charge is -2.36. The predicted molar refractivity (Wildman–Crippen MR) is 111 cm³/mol. The van der Waals surface area contributed by atoms with E-state index in [1.165, 1.54) is 0 Å². The van der Waals surface area contributed by atoms with Crippen molar-refractivity contribution < 1.29 is 9.57 Å². The minimum atomic E-state index is -1.15. The first kappa shape index (κ1) is 16.3. The van der Waals surface area contributed by atoms with Crippen LogP contribution in [0, 0.1) is 6.92 Å². The smallest absolute Gasteiger partial charge is 0.351 e.